The van der Waals surface area contributed by atoms with Gasteiger partial charge >= 0.3 is 0 Å². The lowest BCUT2D eigenvalue weighted by atomic mass is 9.53. The highest BCUT2D eigenvalue weighted by atomic mass is 14.5. The molecule has 6 fully saturated rings. The van der Waals surface area contributed by atoms with Crippen LogP contribution in [0, 0.1) is 35.5 Å². The van der Waals surface area contributed by atoms with Crippen LogP contribution in [0.1, 0.15) is 57.8 Å². The van der Waals surface area contributed by atoms with Gasteiger partial charge in [-0.1, -0.05) is 11.1 Å². The second kappa shape index (κ2) is 3.19. The number of allylic oxidation sites excluding steroid dienone is 2. The summed E-state index contributed by atoms with van der Waals surface area (Å²) in [5.41, 5.74) is 4.08. The molecule has 0 heterocycles. The number of rotatable bonds is 0. The van der Waals surface area contributed by atoms with Crippen molar-refractivity contribution in [2.24, 2.45) is 35.5 Å². The Kier molecular flexibility index (Phi) is 1.81. The number of fused-ring (bicyclic) bond motifs is 2. The summed E-state index contributed by atoms with van der Waals surface area (Å²) in [7, 11) is 0. The molecule has 6 aliphatic carbocycles. The number of hydrogen-bond donors (Lipinski definition) is 0. The van der Waals surface area contributed by atoms with E-state index in [9.17, 15) is 0 Å². The molecule has 0 aromatic heterocycles. The van der Waals surface area contributed by atoms with E-state index in [0.717, 1.165) is 35.5 Å². The van der Waals surface area contributed by atoms with Crippen LogP contribution in [0.3, 0.4) is 0 Å². The first-order valence-corrected chi connectivity index (χ1v) is 8.09. The van der Waals surface area contributed by atoms with Crippen LogP contribution in [0.4, 0.5) is 0 Å². The van der Waals surface area contributed by atoms with Gasteiger partial charge in [-0.05, 0) is 93.3 Å². The Morgan fingerprint density at radius 2 is 1.24 bits per heavy atom. The average molecular weight is 228 g/mol. The van der Waals surface area contributed by atoms with Crippen LogP contribution >= 0.6 is 0 Å². The molecule has 2 unspecified atom stereocenters. The molecule has 0 aliphatic heterocycles. The standard InChI is InChI=1S/C17H24/c1-2-13-4-10(1)9-16(13)17-14-5-11-3-12(7-14)8-15(17)6-11/h10-15H,1-9H2. The van der Waals surface area contributed by atoms with Gasteiger partial charge in [0, 0.05) is 0 Å². The maximum absolute atomic E-state index is 2.06. The summed E-state index contributed by atoms with van der Waals surface area (Å²) in [6, 6.07) is 0. The molecule has 17 heavy (non-hydrogen) atoms. The fraction of sp³-hybridized carbons (Fsp3) is 0.882. The highest BCUT2D eigenvalue weighted by Gasteiger charge is 2.48. The molecule has 92 valence electrons. The third-order valence-electron chi connectivity index (χ3n) is 6.93. The van der Waals surface area contributed by atoms with Crippen molar-refractivity contribution in [3.8, 4) is 0 Å². The van der Waals surface area contributed by atoms with Gasteiger partial charge < -0.3 is 0 Å². The SMILES string of the molecule is C1CC2CC1CC2=C1C2CC3CC(C2)CC1C3. The van der Waals surface area contributed by atoms with Gasteiger partial charge in [0.05, 0.1) is 0 Å². The van der Waals surface area contributed by atoms with Gasteiger partial charge in [0.25, 0.3) is 0 Å². The molecule has 0 aromatic carbocycles. The van der Waals surface area contributed by atoms with Gasteiger partial charge in [0.1, 0.15) is 0 Å². The third kappa shape index (κ3) is 1.25. The second-order valence-electron chi connectivity index (χ2n) is 7.87. The van der Waals surface area contributed by atoms with Crippen LogP contribution in [0.5, 0.6) is 0 Å². The molecule has 0 saturated heterocycles. The van der Waals surface area contributed by atoms with E-state index < -0.39 is 0 Å². The molecule has 0 radical (unpaired) electrons. The molecule has 0 amide bonds. The van der Waals surface area contributed by atoms with Gasteiger partial charge in [-0.15, -0.1) is 0 Å². The van der Waals surface area contributed by atoms with Crippen LogP contribution in [0.2, 0.25) is 0 Å². The normalized spacial score (nSPS) is 55.1. The zero-order chi connectivity index (χ0) is 11.0. The summed E-state index contributed by atoms with van der Waals surface area (Å²) in [6.45, 7) is 0. The first-order chi connectivity index (χ1) is 8.37. The fourth-order valence-corrected chi connectivity index (χ4v) is 6.62. The van der Waals surface area contributed by atoms with Crippen molar-refractivity contribution in [3.63, 3.8) is 0 Å². The summed E-state index contributed by atoms with van der Waals surface area (Å²) in [6.07, 6.45) is 14.2. The Bertz CT molecular complexity index is 359. The minimum absolute atomic E-state index is 1.06. The van der Waals surface area contributed by atoms with E-state index in [2.05, 4.69) is 5.57 Å². The largest absolute Gasteiger partial charge is 0.0671 e. The molecular weight excluding hydrogens is 204 g/mol. The summed E-state index contributed by atoms with van der Waals surface area (Å²) < 4.78 is 0. The predicted molar refractivity (Wildman–Crippen MR) is 69.5 cm³/mol. The van der Waals surface area contributed by atoms with E-state index >= 15 is 0 Å². The van der Waals surface area contributed by atoms with Gasteiger partial charge in [-0.2, -0.15) is 0 Å². The van der Waals surface area contributed by atoms with E-state index in [1.54, 1.807) is 51.4 Å². The Labute approximate surface area is 105 Å². The van der Waals surface area contributed by atoms with Gasteiger partial charge in [-0.3, -0.25) is 0 Å². The summed E-state index contributed by atoms with van der Waals surface area (Å²) in [5, 5.41) is 0. The van der Waals surface area contributed by atoms with Gasteiger partial charge in [-0.25, -0.2) is 0 Å². The first-order valence-electron chi connectivity index (χ1n) is 8.09. The molecule has 6 saturated carbocycles. The van der Waals surface area contributed by atoms with Crippen molar-refractivity contribution in [1.82, 2.24) is 0 Å². The van der Waals surface area contributed by atoms with Crippen LogP contribution in [0.25, 0.3) is 0 Å². The van der Waals surface area contributed by atoms with E-state index in [-0.39, 0.29) is 0 Å². The smallest absolute Gasteiger partial charge is 0.0192 e. The van der Waals surface area contributed by atoms with Crippen molar-refractivity contribution in [1.29, 1.82) is 0 Å². The second-order valence-corrected chi connectivity index (χ2v) is 7.87. The highest BCUT2D eigenvalue weighted by Crippen LogP contribution is 2.60. The lowest BCUT2D eigenvalue weighted by Crippen LogP contribution is -2.41. The lowest BCUT2D eigenvalue weighted by Gasteiger charge is -2.52. The summed E-state index contributed by atoms with van der Waals surface area (Å²) in [5.74, 6) is 6.59. The van der Waals surface area contributed by atoms with E-state index in [1.807, 2.05) is 5.57 Å². The van der Waals surface area contributed by atoms with Crippen LogP contribution in [-0.2, 0) is 0 Å². The Morgan fingerprint density at radius 1 is 0.588 bits per heavy atom. The minimum atomic E-state index is 1.06. The van der Waals surface area contributed by atoms with Crippen molar-refractivity contribution in [3.05, 3.63) is 11.1 Å². The molecular formula is C17H24. The topological polar surface area (TPSA) is 0 Å². The van der Waals surface area contributed by atoms with Gasteiger partial charge in [0.15, 0.2) is 0 Å². The van der Waals surface area contributed by atoms with Crippen molar-refractivity contribution in [2.45, 2.75) is 57.8 Å². The van der Waals surface area contributed by atoms with Crippen LogP contribution in [-0.4, -0.2) is 0 Å². The Morgan fingerprint density at radius 3 is 1.76 bits per heavy atom. The van der Waals surface area contributed by atoms with E-state index in [4.69, 9.17) is 0 Å². The molecule has 6 rings (SSSR count). The number of hydrogen-bond acceptors (Lipinski definition) is 0. The van der Waals surface area contributed by atoms with Crippen LogP contribution < -0.4 is 0 Å². The van der Waals surface area contributed by atoms with Crippen molar-refractivity contribution >= 4 is 0 Å². The Hall–Kier alpha value is -0.260. The Balaban J connectivity index is 1.57. The maximum Gasteiger partial charge on any atom is -0.0192 e. The predicted octanol–water partition coefficient (Wildman–Crippen LogP) is 4.56. The molecule has 2 atom stereocenters. The minimum Gasteiger partial charge on any atom is -0.0671 e. The van der Waals surface area contributed by atoms with E-state index in [0.29, 0.717) is 0 Å². The van der Waals surface area contributed by atoms with Gasteiger partial charge in [0.2, 0.25) is 0 Å². The fourth-order valence-electron chi connectivity index (χ4n) is 6.62. The molecule has 0 spiro atoms. The highest BCUT2D eigenvalue weighted by molar-refractivity contribution is 5.31. The first kappa shape index (κ1) is 9.64. The van der Waals surface area contributed by atoms with Crippen LogP contribution in [0.15, 0.2) is 11.1 Å². The average Bonchev–Trinajstić information content (AvgIpc) is 2.89. The summed E-state index contributed by atoms with van der Waals surface area (Å²) in [4.78, 5) is 0. The zero-order valence-corrected chi connectivity index (χ0v) is 10.8. The lowest BCUT2D eigenvalue weighted by molar-refractivity contribution is 0.0672. The molecule has 0 nitrogen and oxygen atoms in total. The maximum atomic E-state index is 2.06. The van der Waals surface area contributed by atoms with Crippen molar-refractivity contribution < 1.29 is 0 Å². The molecule has 0 aromatic rings. The third-order valence-corrected chi connectivity index (χ3v) is 6.93. The molecule has 0 heteroatoms. The zero-order valence-electron chi connectivity index (χ0n) is 10.8. The molecule has 6 aliphatic rings. The monoisotopic (exact) mass is 228 g/mol. The van der Waals surface area contributed by atoms with Crippen molar-refractivity contribution in [2.75, 3.05) is 0 Å². The van der Waals surface area contributed by atoms with E-state index in [1.165, 1.54) is 6.42 Å². The summed E-state index contributed by atoms with van der Waals surface area (Å²) >= 11 is 0. The quantitative estimate of drug-likeness (QED) is 0.533. The molecule has 0 N–H and O–H groups in total. The molecule has 6 bridgehead atoms.